The Hall–Kier alpha value is -10.5. The lowest BCUT2D eigenvalue weighted by molar-refractivity contribution is -0.277. The lowest BCUT2D eigenvalue weighted by Gasteiger charge is -2.44. The number of amides is 7. The van der Waals surface area contributed by atoms with E-state index >= 15 is 0 Å². The van der Waals surface area contributed by atoms with Crippen molar-refractivity contribution < 1.29 is 193 Å². The monoisotopic (exact) mass is 1960 g/mol. The molecular weight excluding hydrogens is 1830 g/mol. The molecule has 0 aromatic heterocycles. The first-order valence-corrected chi connectivity index (χ1v) is 45.3. The van der Waals surface area contributed by atoms with E-state index in [0.717, 1.165) is 62.3 Å². The predicted octanol–water partition coefficient (Wildman–Crippen LogP) is 3.75. The van der Waals surface area contributed by atoms with Gasteiger partial charge in [-0.15, -0.1) is 0 Å². The minimum atomic E-state index is -2.45. The Labute approximate surface area is 783 Å². The van der Waals surface area contributed by atoms with Crippen molar-refractivity contribution >= 4 is 101 Å². The summed E-state index contributed by atoms with van der Waals surface area (Å²) >= 11 is 0. The van der Waals surface area contributed by atoms with Crippen LogP contribution in [0.25, 0.3) is 0 Å². The Morgan fingerprint density at radius 3 is 0.875 bits per heavy atom. The van der Waals surface area contributed by atoms with Crippen LogP contribution in [-0.2, 0) is 167 Å². The van der Waals surface area contributed by atoms with Crippen LogP contribution in [0.15, 0.2) is 0 Å². The van der Waals surface area contributed by atoms with Crippen LogP contribution in [0.4, 0.5) is 22.0 Å². The molecule has 7 N–H and O–H groups in total. The number of ether oxygens (including phenoxy) is 19. The predicted molar refractivity (Wildman–Crippen MR) is 453 cm³/mol. The standard InChI is InChI=1S/C88H130F5N7O36/c1-47(101)98-74-82(130-56(10)110)78(127-53(7)107)62(44-124-50(4)104)133-86(74)121-36-25-16-13-21-32-94-65(113)29-39-118-60-42-59(85(117)97-35-24-19-20-28-68(116)136-81-72(92)70(90)69(89)71(91)73(81)93)43-61(119-40-30-66(114)95-33-22-14-17-26-37-122-87-75(99-48(2)102)83(131-57(11)111)79(128-54(8)108)63(134-87)45-125-51(5)105)77(60)120-41-31-67(115)96-34-23-15-18-27-38-123-88-76(100-49(3)103)84(132-58(12)112)80(129-55(9)109)64(135-88)46-126-52(6)106/h59-64,74-80,82-84,86-88H,13-46H2,1-12H3,(H,94,113)(H,95,114)(H,96,115)(H,97,117)(H,98,101)(H,99,102)(H,100,103)/t59?,60-,61-,62-,63-,64-,74-,75-,76-,77?,78+,79+,80+,82-,83-,84-,86-,87-,88-/m1/s1. The number of unbranched alkanes of at least 4 members (excludes halogenated alkanes) is 11. The Bertz CT molecular complexity index is 3960. The van der Waals surface area contributed by atoms with Crippen LogP contribution in [0.3, 0.4) is 0 Å². The van der Waals surface area contributed by atoms with Crippen LogP contribution in [0.5, 0.6) is 5.75 Å². The number of esters is 10. The number of benzene rings is 1. The quantitative estimate of drug-likeness (QED) is 0.00928. The van der Waals surface area contributed by atoms with Crippen molar-refractivity contribution in [2.75, 3.05) is 85.6 Å². The highest BCUT2D eigenvalue weighted by Gasteiger charge is 2.55. The summed E-state index contributed by atoms with van der Waals surface area (Å²) in [6, 6.07) is -3.53. The zero-order valence-electron chi connectivity index (χ0n) is 78.6. The largest absolute Gasteiger partial charge is 0.463 e. The minimum absolute atomic E-state index is 0.00174. The first kappa shape index (κ1) is 116. The van der Waals surface area contributed by atoms with Crippen LogP contribution in [-0.4, -0.2) is 297 Å². The van der Waals surface area contributed by atoms with Gasteiger partial charge < -0.3 is 127 Å². The van der Waals surface area contributed by atoms with E-state index in [2.05, 4.69) is 42.0 Å². The third-order valence-electron chi connectivity index (χ3n) is 21.1. The number of carbonyl (C=O) groups is 17. The zero-order valence-corrected chi connectivity index (χ0v) is 78.6. The molecule has 1 aromatic carbocycles. The van der Waals surface area contributed by atoms with Gasteiger partial charge in [0.25, 0.3) is 0 Å². The maximum absolute atomic E-state index is 14.3. The lowest BCUT2D eigenvalue weighted by atomic mass is 9.82. The molecule has 48 heteroatoms. The van der Waals surface area contributed by atoms with E-state index in [1.54, 1.807) is 0 Å². The van der Waals surface area contributed by atoms with Gasteiger partial charge in [0.2, 0.25) is 76.2 Å². The molecule has 0 spiro atoms. The highest BCUT2D eigenvalue weighted by molar-refractivity contribution is 5.80. The molecular formula is C88H130F5N7O36. The molecule has 7 amide bonds. The second-order valence-electron chi connectivity index (χ2n) is 32.6. The molecule has 0 radical (unpaired) electrons. The third-order valence-corrected chi connectivity index (χ3v) is 21.1. The number of carbonyl (C=O) groups excluding carboxylic acids is 17. The molecule has 4 fully saturated rings. The van der Waals surface area contributed by atoms with Crippen molar-refractivity contribution in [1.82, 2.24) is 37.2 Å². The smallest absolute Gasteiger partial charge is 0.311 e. The van der Waals surface area contributed by atoms with Gasteiger partial charge >= 0.3 is 59.7 Å². The number of nitrogens with one attached hydrogen (secondary N) is 7. The van der Waals surface area contributed by atoms with Crippen molar-refractivity contribution in [3.05, 3.63) is 29.1 Å². The Balaban J connectivity index is 1.26. The summed E-state index contributed by atoms with van der Waals surface area (Å²) in [6.45, 7) is 12.5. The van der Waals surface area contributed by atoms with Crippen molar-refractivity contribution in [2.45, 2.75) is 328 Å². The lowest BCUT2D eigenvalue weighted by Crippen LogP contribution is -2.66. The summed E-state index contributed by atoms with van der Waals surface area (Å²) in [7, 11) is 0. The molecule has 0 bridgehead atoms. The van der Waals surface area contributed by atoms with Crippen LogP contribution in [0, 0.1) is 35.0 Å². The maximum Gasteiger partial charge on any atom is 0.311 e. The average molecular weight is 1960 g/mol. The maximum atomic E-state index is 14.3. The summed E-state index contributed by atoms with van der Waals surface area (Å²) in [5, 5.41) is 19.3. The Morgan fingerprint density at radius 2 is 0.574 bits per heavy atom. The topological polar surface area (TPSA) is 550 Å². The fraction of sp³-hybridized carbons (Fsp3) is 0.739. The van der Waals surface area contributed by atoms with Crippen molar-refractivity contribution in [3.63, 3.8) is 0 Å². The number of rotatable bonds is 59. The SMILES string of the molecule is CC(=O)N[C@H]1[C@H](OCCCCCCNC(=O)CCOC2[C@H](OCCC(=O)NCCCCCCO[C@@H]3O[C@H](COC(C)=O)[C@H](OC(C)=O)[C@H](OC(C)=O)[C@H]3NC(C)=O)CC(C(=O)NCCCCCC(=O)Oc3c(F)c(F)c(F)c(F)c3F)C[C@H]2OCCC(=O)NCCCCCCO[C@@H]2O[C@H](COC(C)=O)[C@H](OC(C)=O)[C@H](OC(C)=O)[C@H]2NC(C)=O)O[C@H](COC(C)=O)[C@H](OC(C)=O)[C@@H]1OC(C)=O. The molecule has 43 nitrogen and oxygen atoms in total. The molecule has 136 heavy (non-hydrogen) atoms. The molecule has 3 heterocycles. The normalized spacial score (nSPS) is 24.0. The molecule has 0 unspecified atom stereocenters. The fourth-order valence-electron chi connectivity index (χ4n) is 15.2. The number of hydrogen-bond donors (Lipinski definition) is 7. The first-order valence-electron chi connectivity index (χ1n) is 45.3. The van der Waals surface area contributed by atoms with E-state index in [1.807, 2.05) is 0 Å². The number of halogens is 5. The first-order chi connectivity index (χ1) is 64.5. The van der Waals surface area contributed by atoms with Gasteiger partial charge in [0.05, 0.1) is 32.0 Å². The highest BCUT2D eigenvalue weighted by atomic mass is 19.2. The summed E-state index contributed by atoms with van der Waals surface area (Å²) in [6.07, 6.45) is -13.1. The van der Waals surface area contributed by atoms with Crippen LogP contribution in [0.1, 0.15) is 218 Å². The van der Waals surface area contributed by atoms with E-state index in [1.165, 1.54) is 20.8 Å². The molecule has 768 valence electrons. The summed E-state index contributed by atoms with van der Waals surface area (Å²) in [5.74, 6) is -25.9. The number of hydrogen-bond acceptors (Lipinski definition) is 36. The average Bonchev–Trinajstić information content (AvgIpc) is 0.837. The van der Waals surface area contributed by atoms with Crippen LogP contribution in [0.2, 0.25) is 0 Å². The summed E-state index contributed by atoms with van der Waals surface area (Å²) < 4.78 is 179. The summed E-state index contributed by atoms with van der Waals surface area (Å²) in [4.78, 5) is 214. The van der Waals surface area contributed by atoms with Crippen LogP contribution < -0.4 is 42.0 Å². The molecule has 3 saturated heterocycles. The van der Waals surface area contributed by atoms with E-state index in [4.69, 9.17) is 85.3 Å². The highest BCUT2D eigenvalue weighted by Crippen LogP contribution is 2.36. The molecule has 1 aliphatic carbocycles. The third kappa shape index (κ3) is 42.6. The molecule has 4 aliphatic rings. The van der Waals surface area contributed by atoms with Gasteiger partial charge in [-0.2, -0.15) is 8.78 Å². The Kier molecular flexibility index (Phi) is 52.6. The van der Waals surface area contributed by atoms with Gasteiger partial charge in [-0.05, 0) is 64.2 Å². The molecule has 1 saturated carbocycles. The minimum Gasteiger partial charge on any atom is -0.463 e. The van der Waals surface area contributed by atoms with E-state index in [9.17, 15) is 103 Å². The second-order valence-corrected chi connectivity index (χ2v) is 32.6. The van der Waals surface area contributed by atoms with E-state index in [-0.39, 0.29) is 117 Å². The van der Waals surface area contributed by atoms with Crippen molar-refractivity contribution in [1.29, 1.82) is 0 Å². The van der Waals surface area contributed by atoms with Crippen molar-refractivity contribution in [3.8, 4) is 5.75 Å². The fourth-order valence-corrected chi connectivity index (χ4v) is 15.2. The van der Waals surface area contributed by atoms with Crippen molar-refractivity contribution in [2.24, 2.45) is 5.92 Å². The second kappa shape index (κ2) is 61.7. The van der Waals surface area contributed by atoms with Gasteiger partial charge in [0.15, 0.2) is 55.5 Å². The molecule has 3 aliphatic heterocycles. The van der Waals surface area contributed by atoms with Gasteiger partial charge in [0, 0.05) is 161 Å². The van der Waals surface area contributed by atoms with Crippen LogP contribution >= 0.6 is 0 Å². The van der Waals surface area contributed by atoms with E-state index < -0.39 is 278 Å². The van der Waals surface area contributed by atoms with Gasteiger partial charge in [-0.1, -0.05) is 44.9 Å². The van der Waals surface area contributed by atoms with Gasteiger partial charge in [0.1, 0.15) is 62.4 Å². The van der Waals surface area contributed by atoms with E-state index in [0.29, 0.717) is 77.0 Å². The Morgan fingerprint density at radius 1 is 0.294 bits per heavy atom. The van der Waals surface area contributed by atoms with Gasteiger partial charge in [-0.3, -0.25) is 81.5 Å². The summed E-state index contributed by atoms with van der Waals surface area (Å²) in [5.41, 5.74) is 0. The molecule has 17 atom stereocenters. The van der Waals surface area contributed by atoms with Gasteiger partial charge in [-0.25, -0.2) is 13.2 Å². The molecule has 1 aromatic rings. The zero-order chi connectivity index (χ0) is 101. The molecule has 5 rings (SSSR count).